The predicted octanol–water partition coefficient (Wildman–Crippen LogP) is 2.47. The molecule has 2 aromatic rings. The molecule has 1 fully saturated rings. The van der Waals surface area contributed by atoms with Gasteiger partial charge in [0.1, 0.15) is 5.82 Å². The number of rotatable bonds is 2. The SMILES string of the molecule is Cl.Cl.Clc1ccc2nc(CN3CCNCC3)[nH]c2c1. The first-order valence-electron chi connectivity index (χ1n) is 5.88. The zero-order chi connectivity index (χ0) is 11.7. The number of hydrogen-bond acceptors (Lipinski definition) is 3. The summed E-state index contributed by atoms with van der Waals surface area (Å²) in [7, 11) is 0. The number of nitrogens with one attached hydrogen (secondary N) is 2. The Morgan fingerprint density at radius 3 is 2.68 bits per heavy atom. The normalized spacial score (nSPS) is 15.8. The van der Waals surface area contributed by atoms with Crippen molar-refractivity contribution in [2.75, 3.05) is 26.2 Å². The lowest BCUT2D eigenvalue weighted by atomic mass is 10.3. The molecule has 2 heterocycles. The molecule has 0 spiro atoms. The van der Waals surface area contributed by atoms with Crippen molar-refractivity contribution in [3.05, 3.63) is 29.0 Å². The third-order valence-electron chi connectivity index (χ3n) is 3.08. The van der Waals surface area contributed by atoms with Gasteiger partial charge in [0.2, 0.25) is 0 Å². The van der Waals surface area contributed by atoms with E-state index in [1.807, 2.05) is 18.2 Å². The summed E-state index contributed by atoms with van der Waals surface area (Å²) in [5, 5.41) is 4.09. The van der Waals surface area contributed by atoms with Crippen LogP contribution in [0.15, 0.2) is 18.2 Å². The maximum atomic E-state index is 5.95. The lowest BCUT2D eigenvalue weighted by Crippen LogP contribution is -2.43. The first kappa shape index (κ1) is 16.5. The van der Waals surface area contributed by atoms with Crippen LogP contribution >= 0.6 is 36.4 Å². The van der Waals surface area contributed by atoms with Crippen LogP contribution in [0.25, 0.3) is 11.0 Å². The molecule has 106 valence electrons. The van der Waals surface area contributed by atoms with Gasteiger partial charge in [0, 0.05) is 31.2 Å². The molecule has 0 saturated carbocycles. The van der Waals surface area contributed by atoms with Gasteiger partial charge in [0.25, 0.3) is 0 Å². The highest BCUT2D eigenvalue weighted by Crippen LogP contribution is 2.17. The van der Waals surface area contributed by atoms with Crippen molar-refractivity contribution < 1.29 is 0 Å². The smallest absolute Gasteiger partial charge is 0.121 e. The van der Waals surface area contributed by atoms with Crippen LogP contribution in [0, 0.1) is 0 Å². The lowest BCUT2D eigenvalue weighted by Gasteiger charge is -2.26. The van der Waals surface area contributed by atoms with Gasteiger partial charge in [0.05, 0.1) is 17.6 Å². The lowest BCUT2D eigenvalue weighted by molar-refractivity contribution is 0.229. The van der Waals surface area contributed by atoms with Crippen molar-refractivity contribution in [2.45, 2.75) is 6.54 Å². The van der Waals surface area contributed by atoms with Crippen molar-refractivity contribution in [1.29, 1.82) is 0 Å². The van der Waals surface area contributed by atoms with Crippen LogP contribution in [0.1, 0.15) is 5.82 Å². The molecule has 1 aromatic heterocycles. The van der Waals surface area contributed by atoms with Crippen LogP contribution in [0.3, 0.4) is 0 Å². The Bertz CT molecular complexity index is 523. The van der Waals surface area contributed by atoms with Crippen LogP contribution in [-0.2, 0) is 6.54 Å². The molecule has 0 unspecified atom stereocenters. The van der Waals surface area contributed by atoms with Crippen LogP contribution in [0.2, 0.25) is 5.02 Å². The van der Waals surface area contributed by atoms with Crippen LogP contribution in [0.5, 0.6) is 0 Å². The van der Waals surface area contributed by atoms with Crippen molar-refractivity contribution in [1.82, 2.24) is 20.2 Å². The highest BCUT2D eigenvalue weighted by Gasteiger charge is 2.12. The van der Waals surface area contributed by atoms with E-state index in [1.54, 1.807) is 0 Å². The van der Waals surface area contributed by atoms with Gasteiger partial charge in [0.15, 0.2) is 0 Å². The fourth-order valence-electron chi connectivity index (χ4n) is 2.19. The Morgan fingerprint density at radius 2 is 1.95 bits per heavy atom. The Kier molecular flexibility index (Phi) is 6.36. The van der Waals surface area contributed by atoms with E-state index in [9.17, 15) is 0 Å². The monoisotopic (exact) mass is 322 g/mol. The van der Waals surface area contributed by atoms with Gasteiger partial charge in [-0.1, -0.05) is 11.6 Å². The molecule has 3 rings (SSSR count). The van der Waals surface area contributed by atoms with Gasteiger partial charge in [-0.05, 0) is 18.2 Å². The maximum absolute atomic E-state index is 5.95. The van der Waals surface area contributed by atoms with E-state index < -0.39 is 0 Å². The number of H-pyrrole nitrogens is 1. The summed E-state index contributed by atoms with van der Waals surface area (Å²) in [6.45, 7) is 5.17. The second-order valence-corrected chi connectivity index (χ2v) is 4.81. The zero-order valence-corrected chi connectivity index (χ0v) is 12.7. The summed E-state index contributed by atoms with van der Waals surface area (Å²) in [5.74, 6) is 1.02. The van der Waals surface area contributed by atoms with Crippen molar-refractivity contribution >= 4 is 47.4 Å². The minimum atomic E-state index is 0. The number of imidazole rings is 1. The summed E-state index contributed by atoms with van der Waals surface area (Å²) in [5.41, 5.74) is 2.00. The second kappa shape index (κ2) is 7.31. The number of hydrogen-bond donors (Lipinski definition) is 2. The molecule has 0 atom stereocenters. The molecular weight excluding hydrogens is 307 g/mol. The van der Waals surface area contributed by atoms with Crippen LogP contribution in [-0.4, -0.2) is 41.0 Å². The van der Waals surface area contributed by atoms with E-state index in [0.29, 0.717) is 0 Å². The Balaban J connectivity index is 0.000000902. The molecule has 1 aromatic carbocycles. The fraction of sp³-hybridized carbons (Fsp3) is 0.417. The zero-order valence-electron chi connectivity index (χ0n) is 10.4. The average molecular weight is 324 g/mol. The minimum absolute atomic E-state index is 0. The third kappa shape index (κ3) is 3.97. The summed E-state index contributed by atoms with van der Waals surface area (Å²) in [6, 6.07) is 5.75. The molecule has 0 bridgehead atoms. The van der Waals surface area contributed by atoms with Gasteiger partial charge in [-0.2, -0.15) is 0 Å². The molecule has 4 nitrogen and oxygen atoms in total. The number of halogens is 3. The maximum Gasteiger partial charge on any atom is 0.121 e. The summed E-state index contributed by atoms with van der Waals surface area (Å²) >= 11 is 5.95. The van der Waals surface area contributed by atoms with E-state index in [0.717, 1.165) is 54.6 Å². The van der Waals surface area contributed by atoms with Crippen molar-refractivity contribution in [3.8, 4) is 0 Å². The Hall–Kier alpha value is -0.520. The first-order valence-corrected chi connectivity index (χ1v) is 6.26. The highest BCUT2D eigenvalue weighted by molar-refractivity contribution is 6.31. The summed E-state index contributed by atoms with van der Waals surface area (Å²) < 4.78 is 0. The molecule has 2 N–H and O–H groups in total. The van der Waals surface area contributed by atoms with Gasteiger partial charge >= 0.3 is 0 Å². The van der Waals surface area contributed by atoms with Crippen molar-refractivity contribution in [2.24, 2.45) is 0 Å². The summed E-state index contributed by atoms with van der Waals surface area (Å²) in [4.78, 5) is 10.3. The molecule has 1 saturated heterocycles. The van der Waals surface area contributed by atoms with Gasteiger partial charge in [-0.15, -0.1) is 24.8 Å². The largest absolute Gasteiger partial charge is 0.341 e. The van der Waals surface area contributed by atoms with E-state index >= 15 is 0 Å². The van der Waals surface area contributed by atoms with E-state index in [-0.39, 0.29) is 24.8 Å². The number of benzene rings is 1. The first-order chi connectivity index (χ1) is 8.31. The van der Waals surface area contributed by atoms with E-state index in [1.165, 1.54) is 0 Å². The topological polar surface area (TPSA) is 44.0 Å². The highest BCUT2D eigenvalue weighted by atomic mass is 35.5. The average Bonchev–Trinajstić information content (AvgIpc) is 2.71. The molecule has 0 amide bonds. The quantitative estimate of drug-likeness (QED) is 0.892. The Morgan fingerprint density at radius 1 is 1.21 bits per heavy atom. The fourth-order valence-corrected chi connectivity index (χ4v) is 2.36. The van der Waals surface area contributed by atoms with Gasteiger partial charge < -0.3 is 10.3 Å². The molecule has 19 heavy (non-hydrogen) atoms. The van der Waals surface area contributed by atoms with Crippen LogP contribution < -0.4 is 5.32 Å². The molecule has 0 aliphatic carbocycles. The molecule has 0 radical (unpaired) electrons. The minimum Gasteiger partial charge on any atom is -0.341 e. The number of nitrogens with zero attached hydrogens (tertiary/aromatic N) is 2. The van der Waals surface area contributed by atoms with Crippen molar-refractivity contribution in [3.63, 3.8) is 0 Å². The molecule has 1 aliphatic rings. The number of aromatic nitrogens is 2. The standard InChI is InChI=1S/C12H15ClN4.2ClH/c13-9-1-2-10-11(7-9)16-12(15-10)8-17-5-3-14-4-6-17;;/h1-2,7,14H,3-6,8H2,(H,15,16);2*1H. The molecule has 7 heteroatoms. The summed E-state index contributed by atoms with van der Waals surface area (Å²) in [6.07, 6.45) is 0. The third-order valence-corrected chi connectivity index (χ3v) is 3.31. The van der Waals surface area contributed by atoms with Gasteiger partial charge in [-0.3, -0.25) is 4.90 Å². The number of aromatic amines is 1. The number of fused-ring (bicyclic) bond motifs is 1. The second-order valence-electron chi connectivity index (χ2n) is 4.37. The predicted molar refractivity (Wildman–Crippen MR) is 83.7 cm³/mol. The molecular formula is C12H17Cl3N4. The molecule has 1 aliphatic heterocycles. The van der Waals surface area contributed by atoms with E-state index in [4.69, 9.17) is 11.6 Å². The van der Waals surface area contributed by atoms with E-state index in [2.05, 4.69) is 20.2 Å². The number of piperazine rings is 1. The van der Waals surface area contributed by atoms with Gasteiger partial charge in [-0.25, -0.2) is 4.98 Å². The Labute approximate surface area is 129 Å². The van der Waals surface area contributed by atoms with Crippen LogP contribution in [0.4, 0.5) is 0 Å².